The molecule has 2 aliphatic heterocycles. The van der Waals surface area contributed by atoms with Crippen LogP contribution in [0.3, 0.4) is 0 Å². The molecule has 1 N–H and O–H groups in total. The second-order valence-electron chi connectivity index (χ2n) is 6.54. The maximum Gasteiger partial charge on any atom is 0.254 e. The SMILES string of the molecule is CC[C@@H]1C(=O)NCCN1C(=O)c1ccc(OCCN2CCOCC2)cc1. The topological polar surface area (TPSA) is 71.1 Å². The summed E-state index contributed by atoms with van der Waals surface area (Å²) in [5.74, 6) is 0.569. The molecular formula is C19H27N3O4. The van der Waals surface area contributed by atoms with Gasteiger partial charge < -0.3 is 19.7 Å². The highest BCUT2D eigenvalue weighted by Gasteiger charge is 2.31. The fraction of sp³-hybridized carbons (Fsp3) is 0.579. The summed E-state index contributed by atoms with van der Waals surface area (Å²) in [5, 5.41) is 2.81. The molecule has 142 valence electrons. The molecule has 0 saturated carbocycles. The van der Waals surface area contributed by atoms with Crippen molar-refractivity contribution in [3.63, 3.8) is 0 Å². The summed E-state index contributed by atoms with van der Waals surface area (Å²) >= 11 is 0. The number of nitrogens with zero attached hydrogens (tertiary/aromatic N) is 2. The number of hydrogen-bond acceptors (Lipinski definition) is 5. The van der Waals surface area contributed by atoms with E-state index in [4.69, 9.17) is 9.47 Å². The summed E-state index contributed by atoms with van der Waals surface area (Å²) < 4.78 is 11.1. The van der Waals surface area contributed by atoms with Crippen molar-refractivity contribution < 1.29 is 19.1 Å². The lowest BCUT2D eigenvalue weighted by atomic mass is 10.1. The minimum absolute atomic E-state index is 0.0739. The number of benzene rings is 1. The molecule has 2 heterocycles. The van der Waals surface area contributed by atoms with Crippen molar-refractivity contribution in [1.82, 2.24) is 15.1 Å². The van der Waals surface area contributed by atoms with Gasteiger partial charge in [0.25, 0.3) is 5.91 Å². The van der Waals surface area contributed by atoms with Gasteiger partial charge in [0, 0.05) is 38.3 Å². The fourth-order valence-corrected chi connectivity index (χ4v) is 3.34. The standard InChI is InChI=1S/C19H27N3O4/c1-2-17-18(23)20-7-8-22(17)19(24)15-3-5-16(6-4-15)26-14-11-21-9-12-25-13-10-21/h3-6,17H,2,7-14H2,1H3,(H,20,23)/t17-/m1/s1. The van der Waals surface area contributed by atoms with E-state index in [0.29, 0.717) is 31.7 Å². The van der Waals surface area contributed by atoms with Crippen molar-refractivity contribution in [2.24, 2.45) is 0 Å². The second-order valence-corrected chi connectivity index (χ2v) is 6.54. The summed E-state index contributed by atoms with van der Waals surface area (Å²) in [5.41, 5.74) is 0.582. The van der Waals surface area contributed by atoms with Crippen molar-refractivity contribution in [2.75, 3.05) is 52.5 Å². The van der Waals surface area contributed by atoms with E-state index in [1.807, 2.05) is 19.1 Å². The number of carbonyl (C=O) groups excluding carboxylic acids is 2. The average Bonchev–Trinajstić information content (AvgIpc) is 2.68. The van der Waals surface area contributed by atoms with Gasteiger partial charge in [0.15, 0.2) is 0 Å². The van der Waals surface area contributed by atoms with Gasteiger partial charge in [0.05, 0.1) is 13.2 Å². The molecule has 1 aromatic rings. The first kappa shape index (κ1) is 18.7. The fourth-order valence-electron chi connectivity index (χ4n) is 3.34. The van der Waals surface area contributed by atoms with Crippen molar-refractivity contribution >= 4 is 11.8 Å². The first-order chi connectivity index (χ1) is 12.7. The summed E-state index contributed by atoms with van der Waals surface area (Å²) in [6, 6.07) is 6.78. The van der Waals surface area contributed by atoms with Crippen LogP contribution in [0, 0.1) is 0 Å². The molecule has 1 aromatic carbocycles. The van der Waals surface area contributed by atoms with Gasteiger partial charge >= 0.3 is 0 Å². The van der Waals surface area contributed by atoms with Gasteiger partial charge in [0.1, 0.15) is 18.4 Å². The molecule has 2 aliphatic rings. The minimum Gasteiger partial charge on any atom is -0.492 e. The van der Waals surface area contributed by atoms with Crippen LogP contribution in [0.15, 0.2) is 24.3 Å². The molecule has 26 heavy (non-hydrogen) atoms. The van der Waals surface area contributed by atoms with E-state index < -0.39 is 0 Å². The third-order valence-electron chi connectivity index (χ3n) is 4.86. The van der Waals surface area contributed by atoms with E-state index in [-0.39, 0.29) is 17.9 Å². The van der Waals surface area contributed by atoms with Crippen molar-refractivity contribution in [3.05, 3.63) is 29.8 Å². The number of nitrogens with one attached hydrogen (secondary N) is 1. The molecule has 0 bridgehead atoms. The normalized spacial score (nSPS) is 21.3. The smallest absolute Gasteiger partial charge is 0.254 e. The van der Waals surface area contributed by atoms with Gasteiger partial charge in [-0.25, -0.2) is 0 Å². The molecule has 2 amide bonds. The number of carbonyl (C=O) groups is 2. The zero-order chi connectivity index (χ0) is 18.4. The Bertz CT molecular complexity index is 614. The highest BCUT2D eigenvalue weighted by Crippen LogP contribution is 2.17. The van der Waals surface area contributed by atoms with Gasteiger partial charge in [-0.3, -0.25) is 14.5 Å². The van der Waals surface area contributed by atoms with Crippen LogP contribution >= 0.6 is 0 Å². The molecule has 0 unspecified atom stereocenters. The van der Waals surface area contributed by atoms with E-state index in [1.165, 1.54) is 0 Å². The largest absolute Gasteiger partial charge is 0.492 e. The molecule has 7 nitrogen and oxygen atoms in total. The molecular weight excluding hydrogens is 334 g/mol. The maximum atomic E-state index is 12.7. The number of ether oxygens (including phenoxy) is 2. The first-order valence-corrected chi connectivity index (χ1v) is 9.30. The van der Waals surface area contributed by atoms with E-state index in [1.54, 1.807) is 17.0 Å². The first-order valence-electron chi connectivity index (χ1n) is 9.30. The van der Waals surface area contributed by atoms with E-state index in [9.17, 15) is 9.59 Å². The van der Waals surface area contributed by atoms with E-state index in [2.05, 4.69) is 10.2 Å². The lowest BCUT2D eigenvalue weighted by molar-refractivity contribution is -0.127. The Kier molecular flexibility index (Phi) is 6.46. The quantitative estimate of drug-likeness (QED) is 0.810. The van der Waals surface area contributed by atoms with E-state index in [0.717, 1.165) is 38.6 Å². The van der Waals surface area contributed by atoms with Gasteiger partial charge in [-0.2, -0.15) is 0 Å². The van der Waals surface area contributed by atoms with Crippen LogP contribution in [-0.4, -0.2) is 80.2 Å². The summed E-state index contributed by atoms with van der Waals surface area (Å²) in [6.07, 6.45) is 0.611. The van der Waals surface area contributed by atoms with Crippen LogP contribution in [0.2, 0.25) is 0 Å². The highest BCUT2D eigenvalue weighted by molar-refractivity contribution is 5.98. The van der Waals surface area contributed by atoms with E-state index >= 15 is 0 Å². The number of piperazine rings is 1. The van der Waals surface area contributed by atoms with Crippen molar-refractivity contribution in [3.8, 4) is 5.75 Å². The lowest BCUT2D eigenvalue weighted by Gasteiger charge is -2.34. The van der Waals surface area contributed by atoms with Crippen LogP contribution in [0.25, 0.3) is 0 Å². The van der Waals surface area contributed by atoms with Crippen molar-refractivity contribution in [1.29, 1.82) is 0 Å². The molecule has 3 rings (SSSR count). The van der Waals surface area contributed by atoms with Crippen LogP contribution < -0.4 is 10.1 Å². The predicted molar refractivity (Wildman–Crippen MR) is 97.3 cm³/mol. The Labute approximate surface area is 154 Å². The number of morpholine rings is 1. The molecule has 7 heteroatoms. The monoisotopic (exact) mass is 361 g/mol. The Morgan fingerprint density at radius 1 is 1.23 bits per heavy atom. The van der Waals surface area contributed by atoms with Crippen molar-refractivity contribution in [2.45, 2.75) is 19.4 Å². The summed E-state index contributed by atoms with van der Waals surface area (Å²) in [4.78, 5) is 28.6. The molecule has 0 aliphatic carbocycles. The second kappa shape index (κ2) is 9.00. The molecule has 2 fully saturated rings. The van der Waals surface area contributed by atoms with Gasteiger partial charge in [-0.05, 0) is 30.7 Å². The molecule has 2 saturated heterocycles. The zero-order valence-electron chi connectivity index (χ0n) is 15.3. The van der Waals surface area contributed by atoms with Crippen LogP contribution in [-0.2, 0) is 9.53 Å². The number of amides is 2. The Balaban J connectivity index is 1.53. The van der Waals surface area contributed by atoms with Gasteiger partial charge in [0.2, 0.25) is 5.91 Å². The lowest BCUT2D eigenvalue weighted by Crippen LogP contribution is -2.56. The predicted octanol–water partition coefficient (Wildman–Crippen LogP) is 0.748. The number of rotatable bonds is 6. The molecule has 0 spiro atoms. The number of hydrogen-bond donors (Lipinski definition) is 1. The summed E-state index contributed by atoms with van der Waals surface area (Å²) in [6.45, 7) is 7.89. The molecule has 1 atom stereocenters. The average molecular weight is 361 g/mol. The van der Waals surface area contributed by atoms with Crippen LogP contribution in [0.5, 0.6) is 5.75 Å². The Morgan fingerprint density at radius 2 is 1.96 bits per heavy atom. The minimum atomic E-state index is -0.388. The van der Waals surface area contributed by atoms with Crippen LogP contribution in [0.1, 0.15) is 23.7 Å². The Hall–Kier alpha value is -2.12. The zero-order valence-corrected chi connectivity index (χ0v) is 15.3. The third kappa shape index (κ3) is 4.53. The van der Waals surface area contributed by atoms with Crippen LogP contribution in [0.4, 0.5) is 0 Å². The highest BCUT2D eigenvalue weighted by atomic mass is 16.5. The molecule has 0 radical (unpaired) electrons. The maximum absolute atomic E-state index is 12.7. The van der Waals surface area contributed by atoms with Gasteiger partial charge in [-0.1, -0.05) is 6.92 Å². The summed E-state index contributed by atoms with van der Waals surface area (Å²) in [7, 11) is 0. The van der Waals surface area contributed by atoms with Gasteiger partial charge in [-0.15, -0.1) is 0 Å². The Morgan fingerprint density at radius 3 is 2.65 bits per heavy atom. The third-order valence-corrected chi connectivity index (χ3v) is 4.86. The molecule has 0 aromatic heterocycles.